The second-order valence-electron chi connectivity index (χ2n) is 4.91. The number of hydrogen-bond donors (Lipinski definition) is 5. The summed E-state index contributed by atoms with van der Waals surface area (Å²) in [6, 6.07) is -1.09. The molecular weight excluding hydrogens is 243 g/mol. The molecule has 0 saturated carbocycles. The first-order valence-corrected chi connectivity index (χ1v) is 5.19. The molecule has 5 nitrogen and oxygen atoms in total. The predicted molar refractivity (Wildman–Crippen MR) is 49.0 cm³/mol. The van der Waals surface area contributed by atoms with Crippen molar-refractivity contribution in [1.29, 1.82) is 0 Å². The van der Waals surface area contributed by atoms with E-state index in [1.54, 1.807) is 0 Å². The van der Waals surface area contributed by atoms with Crippen molar-refractivity contribution in [1.82, 2.24) is 5.32 Å². The average molecular weight is 257 g/mol. The minimum Gasteiger partial charge on any atom is -0.394 e. The second-order valence-corrected chi connectivity index (χ2v) is 4.91. The minimum absolute atomic E-state index is 0.740. The topological polar surface area (TPSA) is 93.0 Å². The van der Waals surface area contributed by atoms with Crippen LogP contribution in [-0.2, 0) is 0 Å². The van der Waals surface area contributed by atoms with Crippen LogP contribution < -0.4 is 5.32 Å². The van der Waals surface area contributed by atoms with E-state index < -0.39 is 55.0 Å². The van der Waals surface area contributed by atoms with Crippen LogP contribution >= 0.6 is 0 Å². The predicted octanol–water partition coefficient (Wildman–Crippen LogP) is -1.50. The van der Waals surface area contributed by atoms with E-state index in [0.717, 1.165) is 0 Å². The van der Waals surface area contributed by atoms with Crippen LogP contribution in [0.3, 0.4) is 0 Å². The third-order valence-electron chi connectivity index (χ3n) is 3.75. The maximum absolute atomic E-state index is 12.7. The van der Waals surface area contributed by atoms with Crippen molar-refractivity contribution in [2.75, 3.05) is 6.61 Å². The molecule has 2 aliphatic heterocycles. The van der Waals surface area contributed by atoms with Crippen molar-refractivity contribution in [2.24, 2.45) is 0 Å². The van der Waals surface area contributed by atoms with Gasteiger partial charge in [0.25, 0.3) is 0 Å². The molecule has 0 amide bonds. The van der Waals surface area contributed by atoms with E-state index in [-0.39, 0.29) is 0 Å². The van der Waals surface area contributed by atoms with Gasteiger partial charge < -0.3 is 25.7 Å². The number of piperidine rings is 1. The molecule has 2 heterocycles. The van der Waals surface area contributed by atoms with Crippen LogP contribution in [0.1, 0.15) is 12.8 Å². The van der Waals surface area contributed by atoms with E-state index >= 15 is 0 Å². The molecule has 2 saturated heterocycles. The summed E-state index contributed by atoms with van der Waals surface area (Å²) in [6.45, 7) is -0.792. The summed E-state index contributed by atoms with van der Waals surface area (Å²) in [5, 5.41) is 40.6. The van der Waals surface area contributed by atoms with Crippen molar-refractivity contribution in [3.05, 3.63) is 0 Å². The monoisotopic (exact) mass is 257 g/mol. The lowest BCUT2D eigenvalue weighted by molar-refractivity contribution is -0.278. The van der Waals surface area contributed by atoms with Gasteiger partial charge in [-0.05, 0) is 0 Å². The number of alkyl halides is 3. The fourth-order valence-electron chi connectivity index (χ4n) is 2.78. The van der Waals surface area contributed by atoms with E-state index in [2.05, 4.69) is 5.32 Å². The summed E-state index contributed by atoms with van der Waals surface area (Å²) >= 11 is 0. The Morgan fingerprint density at radius 2 is 1.88 bits per heavy atom. The summed E-state index contributed by atoms with van der Waals surface area (Å²) < 4.78 is 38.2. The van der Waals surface area contributed by atoms with E-state index in [9.17, 15) is 28.5 Å². The minimum atomic E-state index is -4.86. The van der Waals surface area contributed by atoms with Gasteiger partial charge in [-0.2, -0.15) is 13.2 Å². The molecule has 17 heavy (non-hydrogen) atoms. The van der Waals surface area contributed by atoms with Gasteiger partial charge >= 0.3 is 6.18 Å². The SMILES string of the molecule is OC[C@]12C[C@](O)(C(F)(F)F)C[C@H](N1)[C@H](O)[C@H]2O. The maximum atomic E-state index is 12.7. The summed E-state index contributed by atoms with van der Waals surface area (Å²) in [5.74, 6) is 0. The molecule has 0 radical (unpaired) electrons. The van der Waals surface area contributed by atoms with Gasteiger partial charge in [0.05, 0.1) is 18.2 Å². The molecule has 2 bridgehead atoms. The zero-order valence-electron chi connectivity index (χ0n) is 8.78. The highest BCUT2D eigenvalue weighted by atomic mass is 19.4. The molecule has 0 aromatic carbocycles. The highest BCUT2D eigenvalue weighted by Gasteiger charge is 2.67. The molecule has 8 heteroatoms. The molecule has 5 N–H and O–H groups in total. The molecule has 0 aromatic rings. The third-order valence-corrected chi connectivity index (χ3v) is 3.75. The molecule has 2 aliphatic rings. The van der Waals surface area contributed by atoms with E-state index in [0.29, 0.717) is 0 Å². The molecule has 2 rings (SSSR count). The molecule has 0 aliphatic carbocycles. The van der Waals surface area contributed by atoms with Crippen LogP contribution in [0.25, 0.3) is 0 Å². The van der Waals surface area contributed by atoms with Gasteiger partial charge in [-0.3, -0.25) is 0 Å². The first kappa shape index (κ1) is 13.0. The lowest BCUT2D eigenvalue weighted by atomic mass is 9.79. The standard InChI is InChI=1S/C9H14F3NO4/c10-9(11,12)8(17)1-4-5(15)6(16)7(2-8,3-14)13-4/h4-6,13-17H,1-3H2/t4-,5-,6+,7-,8-/m0/s1. The van der Waals surface area contributed by atoms with Gasteiger partial charge in [0.2, 0.25) is 0 Å². The quantitative estimate of drug-likeness (QED) is 0.394. The number of fused-ring (bicyclic) bond motifs is 2. The fraction of sp³-hybridized carbons (Fsp3) is 1.00. The van der Waals surface area contributed by atoms with Crippen LogP contribution in [0, 0.1) is 0 Å². The Bertz CT molecular complexity index is 326. The lowest BCUT2D eigenvalue weighted by Gasteiger charge is -2.44. The number of hydrogen-bond acceptors (Lipinski definition) is 5. The normalized spacial score (nSPS) is 50.6. The Hall–Kier alpha value is -0.410. The smallest absolute Gasteiger partial charge is 0.394 e. The Kier molecular flexibility index (Phi) is 2.72. The number of aliphatic hydroxyl groups excluding tert-OH is 3. The third kappa shape index (κ3) is 1.66. The summed E-state index contributed by atoms with van der Waals surface area (Å²) in [6.07, 6.45) is -9.45. The zero-order valence-corrected chi connectivity index (χ0v) is 8.78. The van der Waals surface area contributed by atoms with E-state index in [1.807, 2.05) is 0 Å². The Morgan fingerprint density at radius 3 is 2.35 bits per heavy atom. The first-order valence-electron chi connectivity index (χ1n) is 5.19. The highest BCUT2D eigenvalue weighted by molar-refractivity contribution is 5.18. The van der Waals surface area contributed by atoms with Gasteiger partial charge in [-0.1, -0.05) is 0 Å². The number of nitrogens with one attached hydrogen (secondary N) is 1. The molecule has 100 valence electrons. The molecular formula is C9H14F3NO4. The van der Waals surface area contributed by atoms with E-state index in [1.165, 1.54) is 0 Å². The molecule has 2 fully saturated rings. The van der Waals surface area contributed by atoms with Crippen molar-refractivity contribution in [3.63, 3.8) is 0 Å². The molecule has 0 aromatic heterocycles. The Balaban J connectivity index is 2.36. The van der Waals surface area contributed by atoms with Crippen molar-refractivity contribution < 1.29 is 33.6 Å². The number of aliphatic hydroxyl groups is 4. The number of rotatable bonds is 1. The summed E-state index contributed by atoms with van der Waals surface area (Å²) in [4.78, 5) is 0. The highest BCUT2D eigenvalue weighted by Crippen LogP contribution is 2.48. The zero-order chi connectivity index (χ0) is 13.1. The van der Waals surface area contributed by atoms with Crippen LogP contribution in [0.15, 0.2) is 0 Å². The van der Waals surface area contributed by atoms with E-state index in [4.69, 9.17) is 5.11 Å². The molecule has 0 unspecified atom stereocenters. The van der Waals surface area contributed by atoms with Crippen molar-refractivity contribution in [2.45, 2.75) is 48.4 Å². The van der Waals surface area contributed by atoms with Crippen LogP contribution in [0.2, 0.25) is 0 Å². The van der Waals surface area contributed by atoms with Gasteiger partial charge in [0, 0.05) is 18.9 Å². The Labute approximate surface area is 94.9 Å². The molecule has 0 spiro atoms. The number of halogens is 3. The van der Waals surface area contributed by atoms with Gasteiger partial charge in [-0.15, -0.1) is 0 Å². The van der Waals surface area contributed by atoms with Gasteiger partial charge in [0.1, 0.15) is 6.10 Å². The van der Waals surface area contributed by atoms with Gasteiger partial charge in [0.15, 0.2) is 5.60 Å². The fourth-order valence-corrected chi connectivity index (χ4v) is 2.78. The van der Waals surface area contributed by atoms with Crippen LogP contribution in [0.4, 0.5) is 13.2 Å². The molecule has 5 atom stereocenters. The summed E-state index contributed by atoms with van der Waals surface area (Å²) in [5.41, 5.74) is -4.70. The first-order chi connectivity index (χ1) is 7.65. The Morgan fingerprint density at radius 1 is 1.29 bits per heavy atom. The van der Waals surface area contributed by atoms with Crippen molar-refractivity contribution >= 4 is 0 Å². The van der Waals surface area contributed by atoms with Crippen LogP contribution in [-0.4, -0.2) is 62.6 Å². The maximum Gasteiger partial charge on any atom is 0.417 e. The van der Waals surface area contributed by atoms with Crippen LogP contribution in [0.5, 0.6) is 0 Å². The summed E-state index contributed by atoms with van der Waals surface area (Å²) in [7, 11) is 0. The van der Waals surface area contributed by atoms with Gasteiger partial charge in [-0.25, -0.2) is 0 Å². The largest absolute Gasteiger partial charge is 0.417 e. The van der Waals surface area contributed by atoms with Crippen molar-refractivity contribution in [3.8, 4) is 0 Å². The second kappa shape index (κ2) is 3.55. The lowest BCUT2D eigenvalue weighted by Crippen LogP contribution is -2.65. The average Bonchev–Trinajstić information content (AvgIpc) is 2.40.